The molecular formula is C19H29N3O2. The number of likely N-dealkylation sites (tertiary alicyclic amines) is 1. The van der Waals surface area contributed by atoms with Crippen LogP contribution in [0.2, 0.25) is 0 Å². The Morgan fingerprint density at radius 3 is 2.71 bits per heavy atom. The zero-order valence-electron chi connectivity index (χ0n) is 14.6. The van der Waals surface area contributed by atoms with Gasteiger partial charge in [-0.15, -0.1) is 0 Å². The molecule has 5 heteroatoms. The van der Waals surface area contributed by atoms with Crippen molar-refractivity contribution in [3.8, 4) is 0 Å². The third-order valence-electron chi connectivity index (χ3n) is 5.10. The molecule has 1 aromatic rings. The molecule has 24 heavy (non-hydrogen) atoms. The van der Waals surface area contributed by atoms with Crippen LogP contribution in [0.1, 0.15) is 18.4 Å². The summed E-state index contributed by atoms with van der Waals surface area (Å²) in [7, 11) is 2.15. The molecule has 1 amide bonds. The number of piperidine rings is 1. The van der Waals surface area contributed by atoms with Gasteiger partial charge in [0.25, 0.3) is 5.91 Å². The second-order valence-electron chi connectivity index (χ2n) is 6.87. The fourth-order valence-corrected chi connectivity index (χ4v) is 3.58. The summed E-state index contributed by atoms with van der Waals surface area (Å²) in [4.78, 5) is 17.5. The van der Waals surface area contributed by atoms with E-state index in [0.29, 0.717) is 19.2 Å². The van der Waals surface area contributed by atoms with E-state index in [1.54, 1.807) is 0 Å². The van der Waals surface area contributed by atoms with Gasteiger partial charge >= 0.3 is 0 Å². The average molecular weight is 331 g/mol. The van der Waals surface area contributed by atoms with Crippen molar-refractivity contribution in [1.82, 2.24) is 15.1 Å². The van der Waals surface area contributed by atoms with E-state index in [2.05, 4.69) is 46.4 Å². The van der Waals surface area contributed by atoms with E-state index in [1.165, 1.54) is 5.56 Å². The maximum atomic E-state index is 13.0. The largest absolute Gasteiger partial charge is 0.366 e. The summed E-state index contributed by atoms with van der Waals surface area (Å²) >= 11 is 0. The molecule has 2 fully saturated rings. The molecule has 1 aromatic carbocycles. The Morgan fingerprint density at radius 2 is 2.04 bits per heavy atom. The third kappa shape index (κ3) is 4.56. The Hall–Kier alpha value is -1.43. The molecule has 2 aliphatic heterocycles. The lowest BCUT2D eigenvalue weighted by Gasteiger charge is -2.39. The average Bonchev–Trinajstić information content (AvgIpc) is 2.65. The molecular weight excluding hydrogens is 302 g/mol. The van der Waals surface area contributed by atoms with Crippen LogP contribution in [0.5, 0.6) is 0 Å². The van der Waals surface area contributed by atoms with Gasteiger partial charge in [0.2, 0.25) is 0 Å². The highest BCUT2D eigenvalue weighted by Gasteiger charge is 2.32. The molecule has 0 radical (unpaired) electrons. The van der Waals surface area contributed by atoms with Crippen molar-refractivity contribution in [2.75, 3.05) is 46.4 Å². The Bertz CT molecular complexity index is 509. The van der Waals surface area contributed by atoms with Gasteiger partial charge in [-0.3, -0.25) is 4.79 Å². The van der Waals surface area contributed by atoms with Crippen LogP contribution in [-0.2, 0) is 16.0 Å². The molecule has 1 unspecified atom stereocenters. The van der Waals surface area contributed by atoms with Crippen molar-refractivity contribution in [3.05, 3.63) is 35.9 Å². The zero-order chi connectivity index (χ0) is 16.8. The Morgan fingerprint density at radius 1 is 1.29 bits per heavy atom. The first kappa shape index (κ1) is 17.4. The first-order chi connectivity index (χ1) is 11.7. The molecule has 2 heterocycles. The number of ether oxygens (including phenoxy) is 1. The van der Waals surface area contributed by atoms with E-state index >= 15 is 0 Å². The molecule has 0 aliphatic carbocycles. The Balaban J connectivity index is 1.66. The predicted octanol–water partition coefficient (Wildman–Crippen LogP) is 1.14. The SMILES string of the molecule is CN1CCC(N(CCc2ccccc2)C(=O)C2CNCCO2)CC1. The number of carbonyl (C=O) groups is 1. The van der Waals surface area contributed by atoms with Crippen LogP contribution in [0.15, 0.2) is 30.3 Å². The lowest BCUT2D eigenvalue weighted by atomic mass is 10.0. The monoisotopic (exact) mass is 331 g/mol. The molecule has 2 saturated heterocycles. The Kier molecular flexibility index (Phi) is 6.24. The number of benzene rings is 1. The van der Waals surface area contributed by atoms with Crippen LogP contribution in [0.25, 0.3) is 0 Å². The lowest BCUT2D eigenvalue weighted by molar-refractivity contribution is -0.148. The molecule has 1 N–H and O–H groups in total. The maximum Gasteiger partial charge on any atom is 0.253 e. The topological polar surface area (TPSA) is 44.8 Å². The van der Waals surface area contributed by atoms with Gasteiger partial charge in [0.15, 0.2) is 0 Å². The minimum Gasteiger partial charge on any atom is -0.366 e. The van der Waals surface area contributed by atoms with Crippen molar-refractivity contribution in [1.29, 1.82) is 0 Å². The summed E-state index contributed by atoms with van der Waals surface area (Å²) in [6.07, 6.45) is 2.68. The third-order valence-corrected chi connectivity index (χ3v) is 5.10. The first-order valence-electron chi connectivity index (χ1n) is 9.09. The van der Waals surface area contributed by atoms with Crippen LogP contribution >= 0.6 is 0 Å². The second-order valence-corrected chi connectivity index (χ2v) is 6.87. The van der Waals surface area contributed by atoms with E-state index in [1.807, 2.05) is 6.07 Å². The second kappa shape index (κ2) is 8.60. The van der Waals surface area contributed by atoms with Crippen molar-refractivity contribution in [3.63, 3.8) is 0 Å². The summed E-state index contributed by atoms with van der Waals surface area (Å²) in [5.74, 6) is 0.160. The number of hydrogen-bond acceptors (Lipinski definition) is 4. The molecule has 1 atom stereocenters. The van der Waals surface area contributed by atoms with Crippen LogP contribution in [0.3, 0.4) is 0 Å². The van der Waals surface area contributed by atoms with Gasteiger partial charge in [0, 0.05) is 25.7 Å². The quantitative estimate of drug-likeness (QED) is 0.879. The van der Waals surface area contributed by atoms with Crippen LogP contribution in [0, 0.1) is 0 Å². The first-order valence-corrected chi connectivity index (χ1v) is 9.09. The van der Waals surface area contributed by atoms with Crippen molar-refractivity contribution in [2.45, 2.75) is 31.4 Å². The van der Waals surface area contributed by atoms with Gasteiger partial charge in [-0.2, -0.15) is 0 Å². The highest BCUT2D eigenvalue weighted by Crippen LogP contribution is 2.18. The molecule has 2 aliphatic rings. The normalized spacial score (nSPS) is 23.1. The summed E-state index contributed by atoms with van der Waals surface area (Å²) in [6, 6.07) is 10.8. The molecule has 3 rings (SSSR count). The van der Waals surface area contributed by atoms with Gasteiger partial charge in [-0.25, -0.2) is 0 Å². The summed E-state index contributed by atoms with van der Waals surface area (Å²) in [5.41, 5.74) is 1.28. The standard InChI is InChI=1S/C19H29N3O2/c1-21-11-8-17(9-12-21)22(13-7-16-5-3-2-4-6-16)19(23)18-15-20-10-14-24-18/h2-6,17-18,20H,7-15H2,1H3. The highest BCUT2D eigenvalue weighted by atomic mass is 16.5. The van der Waals surface area contributed by atoms with E-state index < -0.39 is 0 Å². The fraction of sp³-hybridized carbons (Fsp3) is 0.632. The molecule has 132 valence electrons. The number of amides is 1. The van der Waals surface area contributed by atoms with Gasteiger partial charge in [0.05, 0.1) is 6.61 Å². The van der Waals surface area contributed by atoms with Crippen LogP contribution < -0.4 is 5.32 Å². The molecule has 0 bridgehead atoms. The van der Waals surface area contributed by atoms with Crippen LogP contribution in [0.4, 0.5) is 0 Å². The number of morpholine rings is 1. The van der Waals surface area contributed by atoms with Gasteiger partial charge in [0.1, 0.15) is 6.10 Å². The van der Waals surface area contributed by atoms with Gasteiger partial charge in [-0.05, 0) is 45.0 Å². The fourth-order valence-electron chi connectivity index (χ4n) is 3.58. The number of nitrogens with one attached hydrogen (secondary N) is 1. The van der Waals surface area contributed by atoms with Crippen LogP contribution in [-0.4, -0.2) is 74.2 Å². The summed E-state index contributed by atoms with van der Waals surface area (Å²) < 4.78 is 5.72. The number of rotatable bonds is 5. The van der Waals surface area contributed by atoms with Crippen molar-refractivity contribution in [2.24, 2.45) is 0 Å². The molecule has 0 spiro atoms. The van der Waals surface area contributed by atoms with E-state index in [4.69, 9.17) is 4.74 Å². The zero-order valence-corrected chi connectivity index (χ0v) is 14.6. The molecule has 5 nitrogen and oxygen atoms in total. The van der Waals surface area contributed by atoms with E-state index in [-0.39, 0.29) is 12.0 Å². The predicted molar refractivity (Wildman–Crippen MR) is 95.0 cm³/mol. The number of nitrogens with zero attached hydrogens (tertiary/aromatic N) is 2. The maximum absolute atomic E-state index is 13.0. The van der Waals surface area contributed by atoms with E-state index in [0.717, 1.165) is 45.4 Å². The van der Waals surface area contributed by atoms with Gasteiger partial charge < -0.3 is 19.9 Å². The molecule has 0 saturated carbocycles. The minimum atomic E-state index is -0.325. The van der Waals surface area contributed by atoms with Gasteiger partial charge in [-0.1, -0.05) is 30.3 Å². The minimum absolute atomic E-state index is 0.160. The highest BCUT2D eigenvalue weighted by molar-refractivity contribution is 5.81. The number of hydrogen-bond donors (Lipinski definition) is 1. The number of carbonyl (C=O) groups excluding carboxylic acids is 1. The van der Waals surface area contributed by atoms with E-state index in [9.17, 15) is 4.79 Å². The summed E-state index contributed by atoms with van der Waals surface area (Å²) in [5, 5.41) is 3.27. The smallest absolute Gasteiger partial charge is 0.253 e. The van der Waals surface area contributed by atoms with Crippen molar-refractivity contribution < 1.29 is 9.53 Å². The lowest BCUT2D eigenvalue weighted by Crippen LogP contribution is -2.54. The summed E-state index contributed by atoms with van der Waals surface area (Å²) in [6.45, 7) is 4.98. The molecule has 0 aromatic heterocycles. The Labute approximate surface area is 145 Å². The van der Waals surface area contributed by atoms with Crippen molar-refractivity contribution >= 4 is 5.91 Å².